The van der Waals surface area contributed by atoms with Gasteiger partial charge in [-0.3, -0.25) is 0 Å². The summed E-state index contributed by atoms with van der Waals surface area (Å²) in [4.78, 5) is 12.2. The van der Waals surface area contributed by atoms with Gasteiger partial charge in [-0.05, 0) is 45.9 Å². The number of fused-ring (bicyclic) bond motifs is 1. The van der Waals surface area contributed by atoms with E-state index < -0.39 is 16.0 Å². The molecule has 0 radical (unpaired) electrons. The maximum Gasteiger partial charge on any atom is 0.374 e. The van der Waals surface area contributed by atoms with Crippen LogP contribution in [0.25, 0.3) is 11.0 Å². The number of esters is 1. The molecule has 2 heterocycles. The molecule has 3 rings (SSSR count). The SMILES string of the molecule is CCOC(=O)c1oc2ccc(S(=O)(=O)N3CC(C)NCC3C)cc2c1C. The Hall–Kier alpha value is -1.90. The molecule has 7 nitrogen and oxygen atoms in total. The normalized spacial score (nSPS) is 21.8. The Morgan fingerprint density at radius 1 is 1.38 bits per heavy atom. The molecule has 1 saturated heterocycles. The number of hydrogen-bond acceptors (Lipinski definition) is 6. The van der Waals surface area contributed by atoms with Crippen molar-refractivity contribution in [3.8, 4) is 0 Å². The van der Waals surface area contributed by atoms with Crippen LogP contribution in [0, 0.1) is 6.92 Å². The first-order valence-corrected chi connectivity index (χ1v) is 10.1. The van der Waals surface area contributed by atoms with E-state index in [0.29, 0.717) is 29.6 Å². The number of nitrogens with zero attached hydrogens (tertiary/aromatic N) is 1. The van der Waals surface area contributed by atoms with Crippen LogP contribution in [0.2, 0.25) is 0 Å². The first kappa shape index (κ1) is 18.9. The molecule has 1 aliphatic heterocycles. The highest BCUT2D eigenvalue weighted by molar-refractivity contribution is 7.89. The van der Waals surface area contributed by atoms with Gasteiger partial charge in [-0.1, -0.05) is 0 Å². The average molecular weight is 380 g/mol. The van der Waals surface area contributed by atoms with Crippen molar-refractivity contribution in [1.29, 1.82) is 0 Å². The van der Waals surface area contributed by atoms with Gasteiger partial charge in [0.15, 0.2) is 0 Å². The van der Waals surface area contributed by atoms with E-state index in [-0.39, 0.29) is 29.3 Å². The van der Waals surface area contributed by atoms with Gasteiger partial charge in [0.2, 0.25) is 15.8 Å². The van der Waals surface area contributed by atoms with Crippen molar-refractivity contribution in [2.75, 3.05) is 19.7 Å². The second-order valence-electron chi connectivity index (χ2n) is 6.67. The van der Waals surface area contributed by atoms with Crippen molar-refractivity contribution in [2.24, 2.45) is 0 Å². The Morgan fingerprint density at radius 2 is 2.12 bits per heavy atom. The monoisotopic (exact) mass is 380 g/mol. The third-order valence-corrected chi connectivity index (χ3v) is 6.66. The van der Waals surface area contributed by atoms with E-state index in [9.17, 15) is 13.2 Å². The van der Waals surface area contributed by atoms with Crippen LogP contribution in [-0.4, -0.2) is 50.5 Å². The number of sulfonamides is 1. The van der Waals surface area contributed by atoms with Crippen LogP contribution in [0.3, 0.4) is 0 Å². The summed E-state index contributed by atoms with van der Waals surface area (Å²) in [5, 5.41) is 3.88. The van der Waals surface area contributed by atoms with E-state index in [4.69, 9.17) is 9.15 Å². The minimum absolute atomic E-state index is 0.0933. The zero-order chi connectivity index (χ0) is 19.1. The summed E-state index contributed by atoms with van der Waals surface area (Å²) in [6, 6.07) is 4.65. The second kappa shape index (κ2) is 7.02. The number of carbonyl (C=O) groups is 1. The van der Waals surface area contributed by atoms with Crippen LogP contribution in [0.15, 0.2) is 27.5 Å². The molecule has 8 heteroatoms. The van der Waals surface area contributed by atoms with Crippen molar-refractivity contribution in [3.05, 3.63) is 29.5 Å². The quantitative estimate of drug-likeness (QED) is 0.819. The Bertz CT molecular complexity index is 934. The summed E-state index contributed by atoms with van der Waals surface area (Å²) in [5.41, 5.74) is 1.04. The Balaban J connectivity index is 2.03. The van der Waals surface area contributed by atoms with Crippen LogP contribution >= 0.6 is 0 Å². The molecule has 1 aromatic heterocycles. The van der Waals surface area contributed by atoms with Gasteiger partial charge >= 0.3 is 5.97 Å². The van der Waals surface area contributed by atoms with Gasteiger partial charge in [0, 0.05) is 36.1 Å². The summed E-state index contributed by atoms with van der Waals surface area (Å²) in [5.74, 6) is -0.435. The number of ether oxygens (including phenoxy) is 1. The number of benzene rings is 1. The van der Waals surface area contributed by atoms with Crippen molar-refractivity contribution in [3.63, 3.8) is 0 Å². The van der Waals surface area contributed by atoms with E-state index in [2.05, 4.69) is 5.32 Å². The van der Waals surface area contributed by atoms with Gasteiger partial charge in [-0.2, -0.15) is 4.31 Å². The number of furan rings is 1. The average Bonchev–Trinajstić information content (AvgIpc) is 2.93. The molecule has 0 amide bonds. The van der Waals surface area contributed by atoms with Gasteiger partial charge < -0.3 is 14.5 Å². The molecule has 2 aromatic rings. The molecule has 0 saturated carbocycles. The second-order valence-corrected chi connectivity index (χ2v) is 8.56. The summed E-state index contributed by atoms with van der Waals surface area (Å²) in [7, 11) is -3.64. The van der Waals surface area contributed by atoms with E-state index in [1.807, 2.05) is 13.8 Å². The van der Waals surface area contributed by atoms with Crippen LogP contribution in [-0.2, 0) is 14.8 Å². The smallest absolute Gasteiger partial charge is 0.374 e. The van der Waals surface area contributed by atoms with Crippen molar-refractivity contribution >= 4 is 27.0 Å². The fraction of sp³-hybridized carbons (Fsp3) is 0.500. The highest BCUT2D eigenvalue weighted by Gasteiger charge is 2.34. The number of hydrogen-bond donors (Lipinski definition) is 1. The summed E-state index contributed by atoms with van der Waals surface area (Å²) in [6.45, 7) is 8.56. The predicted octanol–water partition coefficient (Wildman–Crippen LogP) is 2.29. The molecule has 2 unspecified atom stereocenters. The number of aryl methyl sites for hydroxylation is 1. The third-order valence-electron chi connectivity index (χ3n) is 4.68. The largest absolute Gasteiger partial charge is 0.460 e. The first-order valence-electron chi connectivity index (χ1n) is 8.71. The van der Waals surface area contributed by atoms with Crippen molar-refractivity contribution in [2.45, 2.75) is 44.7 Å². The van der Waals surface area contributed by atoms with Crippen molar-refractivity contribution < 1.29 is 22.4 Å². The molecule has 1 N–H and O–H groups in total. The standard InChI is InChI=1S/C18H24N2O5S/c1-5-24-18(21)17-13(4)15-8-14(6-7-16(15)25-17)26(22,23)20-10-11(2)19-9-12(20)3/h6-8,11-12,19H,5,9-10H2,1-4H3. The first-order chi connectivity index (χ1) is 12.3. The summed E-state index contributed by atoms with van der Waals surface area (Å²) >= 11 is 0. The maximum absolute atomic E-state index is 13.1. The van der Waals surface area contributed by atoms with Gasteiger partial charge in [0.25, 0.3) is 0 Å². The minimum Gasteiger partial charge on any atom is -0.460 e. The fourth-order valence-corrected chi connectivity index (χ4v) is 4.96. The van der Waals surface area contributed by atoms with Gasteiger partial charge in [0.1, 0.15) is 5.58 Å². The molecule has 142 valence electrons. The van der Waals surface area contributed by atoms with Crippen molar-refractivity contribution in [1.82, 2.24) is 9.62 Å². The van der Waals surface area contributed by atoms with Crippen LogP contribution in [0.4, 0.5) is 0 Å². The molecule has 0 bridgehead atoms. The third kappa shape index (κ3) is 3.24. The van der Waals surface area contributed by atoms with Gasteiger partial charge in [-0.25, -0.2) is 13.2 Å². The molecule has 1 fully saturated rings. The molecule has 0 aliphatic carbocycles. The number of carbonyl (C=O) groups excluding carboxylic acids is 1. The van der Waals surface area contributed by atoms with E-state index >= 15 is 0 Å². The van der Waals surface area contributed by atoms with Crippen LogP contribution in [0.1, 0.15) is 36.9 Å². The van der Waals surface area contributed by atoms with Gasteiger partial charge in [-0.15, -0.1) is 0 Å². The zero-order valence-electron chi connectivity index (χ0n) is 15.4. The lowest BCUT2D eigenvalue weighted by Crippen LogP contribution is -2.56. The Morgan fingerprint density at radius 3 is 2.81 bits per heavy atom. The molecule has 1 aliphatic rings. The topological polar surface area (TPSA) is 88.8 Å². The molecule has 2 atom stereocenters. The van der Waals surface area contributed by atoms with Crippen LogP contribution < -0.4 is 5.32 Å². The fourth-order valence-electron chi connectivity index (χ4n) is 3.21. The number of rotatable bonds is 4. The lowest BCUT2D eigenvalue weighted by molar-refractivity contribution is 0.0491. The number of piperazine rings is 1. The summed E-state index contributed by atoms with van der Waals surface area (Å²) < 4.78 is 38.3. The Kier molecular flexibility index (Phi) is 5.09. The Labute approximate surface area is 153 Å². The summed E-state index contributed by atoms with van der Waals surface area (Å²) in [6.07, 6.45) is 0. The van der Waals surface area contributed by atoms with E-state index in [1.54, 1.807) is 26.0 Å². The van der Waals surface area contributed by atoms with E-state index in [1.165, 1.54) is 10.4 Å². The highest BCUT2D eigenvalue weighted by Crippen LogP contribution is 2.30. The molecular formula is C18H24N2O5S. The van der Waals surface area contributed by atoms with E-state index in [0.717, 1.165) is 0 Å². The molecule has 1 aromatic carbocycles. The number of nitrogens with one attached hydrogen (secondary N) is 1. The zero-order valence-corrected chi connectivity index (χ0v) is 16.2. The lowest BCUT2D eigenvalue weighted by atomic mass is 10.1. The minimum atomic E-state index is -3.64. The predicted molar refractivity (Wildman–Crippen MR) is 97.7 cm³/mol. The molecule has 0 spiro atoms. The lowest BCUT2D eigenvalue weighted by Gasteiger charge is -2.36. The van der Waals surface area contributed by atoms with Gasteiger partial charge in [0.05, 0.1) is 11.5 Å². The maximum atomic E-state index is 13.1. The molecule has 26 heavy (non-hydrogen) atoms. The highest BCUT2D eigenvalue weighted by atomic mass is 32.2. The molecular weight excluding hydrogens is 356 g/mol. The van der Waals surface area contributed by atoms with Crippen LogP contribution in [0.5, 0.6) is 0 Å².